The number of piperidine rings is 1. The topological polar surface area (TPSA) is 28.2 Å². The first-order valence-corrected chi connectivity index (χ1v) is 10.4. The van der Waals surface area contributed by atoms with Gasteiger partial charge in [0.25, 0.3) is 0 Å². The van der Waals surface area contributed by atoms with Gasteiger partial charge in [0.2, 0.25) is 0 Å². The summed E-state index contributed by atoms with van der Waals surface area (Å²) in [5.74, 6) is 0. The molecule has 0 aliphatic carbocycles. The van der Waals surface area contributed by atoms with Gasteiger partial charge in [-0.05, 0) is 62.8 Å². The molecule has 1 aliphatic heterocycles. The van der Waals surface area contributed by atoms with Gasteiger partial charge in [0.1, 0.15) is 5.01 Å². The zero-order valence-electron chi connectivity index (χ0n) is 14.3. The van der Waals surface area contributed by atoms with Gasteiger partial charge in [-0.2, -0.15) is 0 Å². The number of halogens is 1. The average molecular weight is 416 g/mol. The monoisotopic (exact) mass is 415 g/mol. The van der Waals surface area contributed by atoms with E-state index in [2.05, 4.69) is 81.7 Å². The Bertz CT molecular complexity index is 822. The van der Waals surface area contributed by atoms with Gasteiger partial charge >= 0.3 is 0 Å². The molecule has 130 valence electrons. The zero-order chi connectivity index (χ0) is 17.2. The maximum Gasteiger partial charge on any atom is 0.115 e. The van der Waals surface area contributed by atoms with E-state index < -0.39 is 0 Å². The summed E-state index contributed by atoms with van der Waals surface area (Å²) >= 11 is 5.42. The van der Waals surface area contributed by atoms with Crippen molar-refractivity contribution in [2.24, 2.45) is 0 Å². The van der Waals surface area contributed by atoms with Gasteiger partial charge < -0.3 is 10.2 Å². The van der Waals surface area contributed by atoms with Crippen molar-refractivity contribution in [3.05, 3.63) is 63.6 Å². The first kappa shape index (κ1) is 17.2. The summed E-state index contributed by atoms with van der Waals surface area (Å²) in [7, 11) is 2.20. The van der Waals surface area contributed by atoms with Crippen molar-refractivity contribution in [3.8, 4) is 0 Å². The van der Waals surface area contributed by atoms with Gasteiger partial charge in [-0.3, -0.25) is 0 Å². The highest BCUT2D eigenvalue weighted by molar-refractivity contribution is 9.10. The van der Waals surface area contributed by atoms with Crippen molar-refractivity contribution in [3.63, 3.8) is 0 Å². The van der Waals surface area contributed by atoms with Crippen molar-refractivity contribution in [2.75, 3.05) is 20.1 Å². The maximum atomic E-state index is 4.93. The average Bonchev–Trinajstić information content (AvgIpc) is 3.05. The highest BCUT2D eigenvalue weighted by atomic mass is 79.9. The largest absolute Gasteiger partial charge is 0.306 e. The lowest BCUT2D eigenvalue weighted by atomic mass is 10.0. The van der Waals surface area contributed by atoms with Crippen molar-refractivity contribution in [1.82, 2.24) is 15.2 Å². The molecule has 1 aromatic heterocycles. The number of benzene rings is 2. The highest BCUT2D eigenvalue weighted by Crippen LogP contribution is 2.32. The Morgan fingerprint density at radius 3 is 2.72 bits per heavy atom. The van der Waals surface area contributed by atoms with Crippen LogP contribution >= 0.6 is 27.3 Å². The second-order valence-corrected chi connectivity index (χ2v) is 8.73. The van der Waals surface area contributed by atoms with E-state index in [1.165, 1.54) is 23.1 Å². The van der Waals surface area contributed by atoms with Gasteiger partial charge in [0.15, 0.2) is 0 Å². The van der Waals surface area contributed by atoms with Crippen LogP contribution in [0.25, 0.3) is 10.2 Å². The predicted molar refractivity (Wildman–Crippen MR) is 109 cm³/mol. The molecule has 2 heterocycles. The number of likely N-dealkylation sites (tertiary alicyclic amines) is 1. The van der Waals surface area contributed by atoms with Crippen LogP contribution in [0.15, 0.2) is 53.0 Å². The SMILES string of the molecule is CN1CCC(NC(c2cccc(Br)c2)c2nc3ccccc3s2)CC1. The summed E-state index contributed by atoms with van der Waals surface area (Å²) in [4.78, 5) is 7.34. The molecule has 0 bridgehead atoms. The third-order valence-corrected chi connectivity index (χ3v) is 6.45. The van der Waals surface area contributed by atoms with Crippen LogP contribution < -0.4 is 5.32 Å². The number of aromatic nitrogens is 1. The first-order valence-electron chi connectivity index (χ1n) is 8.74. The van der Waals surface area contributed by atoms with E-state index in [1.54, 1.807) is 11.3 Å². The third-order valence-electron chi connectivity index (χ3n) is 4.86. The molecule has 2 aromatic carbocycles. The number of hydrogen-bond acceptors (Lipinski definition) is 4. The molecule has 3 nitrogen and oxygen atoms in total. The Morgan fingerprint density at radius 2 is 1.96 bits per heavy atom. The standard InChI is InChI=1S/C20H22BrN3S/c1-24-11-9-16(10-12-24)22-19(14-5-4-6-15(21)13-14)20-23-17-7-2-3-8-18(17)25-20/h2-8,13,16,19,22H,9-12H2,1H3. The lowest BCUT2D eigenvalue weighted by Crippen LogP contribution is -2.42. The molecule has 25 heavy (non-hydrogen) atoms. The lowest BCUT2D eigenvalue weighted by Gasteiger charge is -2.32. The number of nitrogens with one attached hydrogen (secondary N) is 1. The van der Waals surface area contributed by atoms with E-state index in [9.17, 15) is 0 Å². The quantitative estimate of drug-likeness (QED) is 0.660. The molecule has 0 radical (unpaired) electrons. The van der Waals surface area contributed by atoms with E-state index in [1.807, 2.05) is 0 Å². The van der Waals surface area contributed by atoms with E-state index in [4.69, 9.17) is 4.98 Å². The third kappa shape index (κ3) is 3.95. The second-order valence-electron chi connectivity index (χ2n) is 6.75. The van der Waals surface area contributed by atoms with Gasteiger partial charge in [0.05, 0.1) is 16.3 Å². The van der Waals surface area contributed by atoms with Crippen LogP contribution in [0.2, 0.25) is 0 Å². The van der Waals surface area contributed by atoms with Crippen molar-refractivity contribution >= 4 is 37.5 Å². The highest BCUT2D eigenvalue weighted by Gasteiger charge is 2.24. The van der Waals surface area contributed by atoms with Crippen LogP contribution in [0.4, 0.5) is 0 Å². The Morgan fingerprint density at radius 1 is 1.16 bits per heavy atom. The van der Waals surface area contributed by atoms with Gasteiger partial charge in [-0.25, -0.2) is 4.98 Å². The summed E-state index contributed by atoms with van der Waals surface area (Å²) < 4.78 is 2.36. The summed E-state index contributed by atoms with van der Waals surface area (Å²) in [5.41, 5.74) is 2.36. The second kappa shape index (κ2) is 7.54. The van der Waals surface area contributed by atoms with E-state index in [0.29, 0.717) is 6.04 Å². The zero-order valence-corrected chi connectivity index (χ0v) is 16.7. The predicted octanol–water partition coefficient (Wildman–Crippen LogP) is 4.83. The van der Waals surface area contributed by atoms with Crippen LogP contribution in [0.5, 0.6) is 0 Å². The van der Waals surface area contributed by atoms with E-state index in [0.717, 1.165) is 28.1 Å². The minimum Gasteiger partial charge on any atom is -0.306 e. The molecule has 1 unspecified atom stereocenters. The maximum absolute atomic E-state index is 4.93. The number of hydrogen-bond donors (Lipinski definition) is 1. The summed E-state index contributed by atoms with van der Waals surface area (Å²) in [6, 6.07) is 17.7. The summed E-state index contributed by atoms with van der Waals surface area (Å²) in [6.07, 6.45) is 2.37. The normalized spacial score (nSPS) is 17.8. The van der Waals surface area contributed by atoms with Crippen molar-refractivity contribution in [2.45, 2.75) is 24.9 Å². The summed E-state index contributed by atoms with van der Waals surface area (Å²) in [6.45, 7) is 2.31. The molecular formula is C20H22BrN3S. The Balaban J connectivity index is 1.67. The Hall–Kier alpha value is -1.27. The van der Waals surface area contributed by atoms with Crippen molar-refractivity contribution < 1.29 is 0 Å². The fraction of sp³-hybridized carbons (Fsp3) is 0.350. The lowest BCUT2D eigenvalue weighted by molar-refractivity contribution is 0.229. The fourth-order valence-electron chi connectivity index (χ4n) is 3.42. The molecule has 1 N–H and O–H groups in total. The number of para-hydroxylation sites is 1. The number of rotatable bonds is 4. The minimum absolute atomic E-state index is 0.142. The molecule has 0 saturated carbocycles. The molecule has 3 aromatic rings. The molecule has 1 fully saturated rings. The summed E-state index contributed by atoms with van der Waals surface area (Å²) in [5, 5.41) is 5.05. The molecule has 4 rings (SSSR count). The van der Waals surface area contributed by atoms with Gasteiger partial charge in [0, 0.05) is 10.5 Å². The first-order chi connectivity index (χ1) is 12.2. The van der Waals surface area contributed by atoms with E-state index >= 15 is 0 Å². The fourth-order valence-corrected chi connectivity index (χ4v) is 4.89. The number of fused-ring (bicyclic) bond motifs is 1. The van der Waals surface area contributed by atoms with Gasteiger partial charge in [-0.15, -0.1) is 11.3 Å². The molecule has 5 heteroatoms. The Kier molecular flexibility index (Phi) is 5.17. The minimum atomic E-state index is 0.142. The van der Waals surface area contributed by atoms with Crippen LogP contribution in [0.3, 0.4) is 0 Å². The van der Waals surface area contributed by atoms with Crippen LogP contribution in [0, 0.1) is 0 Å². The van der Waals surface area contributed by atoms with Crippen LogP contribution in [-0.4, -0.2) is 36.1 Å². The molecule has 1 aliphatic rings. The molecule has 1 saturated heterocycles. The molecule has 0 amide bonds. The van der Waals surface area contributed by atoms with Gasteiger partial charge in [-0.1, -0.05) is 40.2 Å². The number of nitrogens with zero attached hydrogens (tertiary/aromatic N) is 2. The number of thiazole rings is 1. The molecular weight excluding hydrogens is 394 g/mol. The van der Waals surface area contributed by atoms with E-state index in [-0.39, 0.29) is 6.04 Å². The Labute approximate surface area is 161 Å². The van der Waals surface area contributed by atoms with Crippen LogP contribution in [-0.2, 0) is 0 Å². The molecule has 0 spiro atoms. The van der Waals surface area contributed by atoms with Crippen LogP contribution in [0.1, 0.15) is 29.5 Å². The molecule has 1 atom stereocenters. The van der Waals surface area contributed by atoms with Crippen molar-refractivity contribution in [1.29, 1.82) is 0 Å². The smallest absolute Gasteiger partial charge is 0.115 e.